The number of halogens is 3. The first-order chi connectivity index (χ1) is 14.1. The Morgan fingerprint density at radius 3 is 2.33 bits per heavy atom. The molecule has 0 atom stereocenters. The third-order valence-corrected chi connectivity index (χ3v) is 6.49. The average molecular weight is 442 g/mol. The van der Waals surface area contributed by atoms with Gasteiger partial charge in [-0.2, -0.15) is 17.5 Å². The molecule has 1 aliphatic rings. The van der Waals surface area contributed by atoms with Gasteiger partial charge in [0.25, 0.3) is 5.91 Å². The van der Waals surface area contributed by atoms with Crippen molar-refractivity contribution in [2.75, 3.05) is 26.3 Å². The number of rotatable bonds is 6. The lowest BCUT2D eigenvalue weighted by atomic mass is 10.1. The highest BCUT2D eigenvalue weighted by Gasteiger charge is 2.30. The molecule has 3 rings (SSSR count). The van der Waals surface area contributed by atoms with Crippen molar-refractivity contribution in [3.8, 4) is 0 Å². The zero-order valence-electron chi connectivity index (χ0n) is 16.0. The van der Waals surface area contributed by atoms with Crippen molar-refractivity contribution in [1.82, 2.24) is 9.62 Å². The molecule has 10 heteroatoms. The van der Waals surface area contributed by atoms with Gasteiger partial charge >= 0.3 is 6.18 Å². The zero-order valence-corrected chi connectivity index (χ0v) is 16.8. The number of ether oxygens (including phenoxy) is 1. The van der Waals surface area contributed by atoms with Crippen LogP contribution in [-0.4, -0.2) is 44.9 Å². The Hall–Kier alpha value is -2.43. The average Bonchev–Trinajstić information content (AvgIpc) is 2.72. The fourth-order valence-electron chi connectivity index (χ4n) is 3.02. The minimum atomic E-state index is -4.45. The molecule has 30 heavy (non-hydrogen) atoms. The van der Waals surface area contributed by atoms with Gasteiger partial charge < -0.3 is 10.1 Å². The second kappa shape index (κ2) is 9.15. The fourth-order valence-corrected chi connectivity index (χ4v) is 4.52. The highest BCUT2D eigenvalue weighted by molar-refractivity contribution is 7.88. The smallest absolute Gasteiger partial charge is 0.379 e. The highest BCUT2D eigenvalue weighted by atomic mass is 32.2. The largest absolute Gasteiger partial charge is 0.416 e. The van der Waals surface area contributed by atoms with Crippen molar-refractivity contribution in [3.63, 3.8) is 0 Å². The summed E-state index contributed by atoms with van der Waals surface area (Å²) in [5, 5.41) is 2.57. The van der Waals surface area contributed by atoms with Crippen molar-refractivity contribution in [2.24, 2.45) is 0 Å². The van der Waals surface area contributed by atoms with Crippen molar-refractivity contribution in [3.05, 3.63) is 70.8 Å². The predicted octanol–water partition coefficient (Wildman–Crippen LogP) is 2.80. The Bertz CT molecular complexity index is 986. The van der Waals surface area contributed by atoms with Gasteiger partial charge in [0.1, 0.15) is 0 Å². The van der Waals surface area contributed by atoms with Gasteiger partial charge in [-0.3, -0.25) is 4.79 Å². The lowest BCUT2D eigenvalue weighted by Gasteiger charge is -2.26. The Kier molecular flexibility index (Phi) is 6.79. The Labute approximate surface area is 172 Å². The number of alkyl halides is 3. The molecule has 0 bridgehead atoms. The molecule has 6 nitrogen and oxygen atoms in total. The molecule has 0 aromatic heterocycles. The van der Waals surface area contributed by atoms with Crippen LogP contribution in [0.5, 0.6) is 0 Å². The van der Waals surface area contributed by atoms with Gasteiger partial charge in [0.15, 0.2) is 0 Å². The van der Waals surface area contributed by atoms with Crippen molar-refractivity contribution in [2.45, 2.75) is 18.5 Å². The summed E-state index contributed by atoms with van der Waals surface area (Å²) in [6.07, 6.45) is -4.45. The van der Waals surface area contributed by atoms with Gasteiger partial charge in [-0.15, -0.1) is 0 Å². The zero-order chi connectivity index (χ0) is 21.8. The van der Waals surface area contributed by atoms with E-state index >= 15 is 0 Å². The molecule has 2 aromatic carbocycles. The highest BCUT2D eigenvalue weighted by Crippen LogP contribution is 2.29. The van der Waals surface area contributed by atoms with Crippen LogP contribution < -0.4 is 5.32 Å². The number of nitrogens with zero attached hydrogens (tertiary/aromatic N) is 1. The summed E-state index contributed by atoms with van der Waals surface area (Å²) < 4.78 is 69.7. The SMILES string of the molecule is O=C(NCc1cccc(C(F)(F)F)c1)c1ccc(CS(=O)(=O)N2CCOCC2)cc1. The summed E-state index contributed by atoms with van der Waals surface area (Å²) >= 11 is 0. The van der Waals surface area contributed by atoms with Crippen LogP contribution in [0, 0.1) is 0 Å². The number of sulfonamides is 1. The van der Waals surface area contributed by atoms with Gasteiger partial charge in [-0.05, 0) is 35.4 Å². The van der Waals surface area contributed by atoms with Crippen LogP contribution in [0.1, 0.15) is 27.0 Å². The summed E-state index contributed by atoms with van der Waals surface area (Å²) in [7, 11) is -3.47. The first kappa shape index (κ1) is 22.3. The molecule has 1 heterocycles. The van der Waals surface area contributed by atoms with E-state index in [4.69, 9.17) is 4.74 Å². The third kappa shape index (κ3) is 5.80. The van der Waals surface area contributed by atoms with Gasteiger partial charge in [-0.1, -0.05) is 24.3 Å². The Morgan fingerprint density at radius 2 is 1.70 bits per heavy atom. The summed E-state index contributed by atoms with van der Waals surface area (Å²) in [5.74, 6) is -0.644. The molecular weight excluding hydrogens is 421 g/mol. The summed E-state index contributed by atoms with van der Waals surface area (Å²) in [4.78, 5) is 12.3. The monoisotopic (exact) mass is 442 g/mol. The van der Waals surface area contributed by atoms with Crippen molar-refractivity contribution in [1.29, 1.82) is 0 Å². The van der Waals surface area contributed by atoms with Crippen LogP contribution in [0.15, 0.2) is 48.5 Å². The fraction of sp³-hybridized carbons (Fsp3) is 0.350. The number of hydrogen-bond donors (Lipinski definition) is 1. The van der Waals surface area contributed by atoms with E-state index in [-0.39, 0.29) is 17.9 Å². The number of hydrogen-bond acceptors (Lipinski definition) is 4. The van der Waals surface area contributed by atoms with E-state index in [2.05, 4.69) is 5.32 Å². The second-order valence-corrected chi connectivity index (χ2v) is 8.81. The van der Waals surface area contributed by atoms with Gasteiger partial charge in [0, 0.05) is 25.2 Å². The molecule has 0 radical (unpaired) electrons. The molecule has 1 fully saturated rings. The molecular formula is C20H21F3N2O4S. The van der Waals surface area contributed by atoms with Crippen LogP contribution in [0.4, 0.5) is 13.2 Å². The van der Waals surface area contributed by atoms with E-state index < -0.39 is 27.7 Å². The van der Waals surface area contributed by atoms with Crippen LogP contribution in [-0.2, 0) is 33.2 Å². The number of morpholine rings is 1. The molecule has 0 saturated carbocycles. The van der Waals surface area contributed by atoms with E-state index in [1.807, 2.05) is 0 Å². The predicted molar refractivity (Wildman–Crippen MR) is 104 cm³/mol. The molecule has 162 valence electrons. The number of amides is 1. The maximum Gasteiger partial charge on any atom is 0.416 e. The standard InChI is InChI=1S/C20H21F3N2O4S/c21-20(22,23)18-3-1-2-16(12-18)13-24-19(26)17-6-4-15(5-7-17)14-30(27,28)25-8-10-29-11-9-25/h1-7,12H,8-11,13-14H2,(H,24,26). The van der Waals surface area contributed by atoms with Crippen LogP contribution in [0.2, 0.25) is 0 Å². The summed E-state index contributed by atoms with van der Waals surface area (Å²) in [6.45, 7) is 1.31. The van der Waals surface area contributed by atoms with E-state index in [0.717, 1.165) is 12.1 Å². The normalized spacial score (nSPS) is 15.7. The maximum atomic E-state index is 12.8. The number of carbonyl (C=O) groups excluding carboxylic acids is 1. The quantitative estimate of drug-likeness (QED) is 0.747. The number of nitrogens with one attached hydrogen (secondary N) is 1. The Morgan fingerprint density at radius 1 is 1.03 bits per heavy atom. The molecule has 0 aliphatic carbocycles. The van der Waals surface area contributed by atoms with Crippen LogP contribution in [0.25, 0.3) is 0 Å². The topological polar surface area (TPSA) is 75.7 Å². The minimum absolute atomic E-state index is 0.0596. The van der Waals surface area contributed by atoms with Crippen LogP contribution >= 0.6 is 0 Å². The second-order valence-electron chi connectivity index (χ2n) is 6.85. The van der Waals surface area contributed by atoms with E-state index in [9.17, 15) is 26.4 Å². The molecule has 0 spiro atoms. The van der Waals surface area contributed by atoms with E-state index in [0.29, 0.717) is 37.4 Å². The molecule has 1 N–H and O–H groups in total. The van der Waals surface area contributed by atoms with Crippen molar-refractivity contribution < 1.29 is 31.1 Å². The lowest BCUT2D eigenvalue weighted by molar-refractivity contribution is -0.137. The number of carbonyl (C=O) groups is 1. The first-order valence-corrected chi connectivity index (χ1v) is 10.8. The molecule has 1 saturated heterocycles. The van der Waals surface area contributed by atoms with Crippen LogP contribution in [0.3, 0.4) is 0 Å². The van der Waals surface area contributed by atoms with E-state index in [1.54, 1.807) is 12.1 Å². The summed E-state index contributed by atoms with van der Waals surface area (Å²) in [6, 6.07) is 10.8. The molecule has 1 amide bonds. The minimum Gasteiger partial charge on any atom is -0.379 e. The summed E-state index contributed by atoms with van der Waals surface area (Å²) in [5.41, 5.74) is 0.372. The van der Waals surface area contributed by atoms with E-state index in [1.165, 1.54) is 28.6 Å². The van der Waals surface area contributed by atoms with Gasteiger partial charge in [0.05, 0.1) is 24.5 Å². The number of benzene rings is 2. The molecule has 1 aliphatic heterocycles. The lowest BCUT2D eigenvalue weighted by Crippen LogP contribution is -2.41. The van der Waals surface area contributed by atoms with Gasteiger partial charge in [0.2, 0.25) is 10.0 Å². The van der Waals surface area contributed by atoms with Crippen molar-refractivity contribution >= 4 is 15.9 Å². The maximum absolute atomic E-state index is 12.8. The van der Waals surface area contributed by atoms with Gasteiger partial charge in [-0.25, -0.2) is 8.42 Å². The Balaban J connectivity index is 1.59. The first-order valence-electron chi connectivity index (χ1n) is 9.24. The third-order valence-electron chi connectivity index (χ3n) is 4.64. The molecule has 2 aromatic rings. The molecule has 0 unspecified atom stereocenters.